The molecule has 0 aliphatic carbocycles. The summed E-state index contributed by atoms with van der Waals surface area (Å²) in [6.45, 7) is 4.23. The van der Waals surface area contributed by atoms with E-state index in [0.29, 0.717) is 6.61 Å². The lowest BCUT2D eigenvalue weighted by Crippen LogP contribution is -1.98. The zero-order valence-electron chi connectivity index (χ0n) is 13.0. The maximum Gasteiger partial charge on any atom is 0.302 e. The smallest absolute Gasteiger partial charge is 0.302 e. The van der Waals surface area contributed by atoms with Gasteiger partial charge < -0.3 is 4.74 Å². The highest BCUT2D eigenvalue weighted by Gasteiger charge is 1.91. The molecule has 0 aromatic carbocycles. The zero-order valence-corrected chi connectivity index (χ0v) is 13.0. The average Bonchev–Trinajstić information content (AvgIpc) is 2.39. The zero-order chi connectivity index (χ0) is 14.2. The second-order valence-electron chi connectivity index (χ2n) is 5.22. The number of carbonyl (C=O) groups excluding carboxylic acids is 1. The van der Waals surface area contributed by atoms with Crippen LogP contribution in [0.5, 0.6) is 0 Å². The monoisotopic (exact) mass is 268 g/mol. The Morgan fingerprint density at radius 1 is 0.842 bits per heavy atom. The Bertz CT molecular complexity index is 221. The lowest BCUT2D eigenvalue weighted by Gasteiger charge is -2.00. The summed E-state index contributed by atoms with van der Waals surface area (Å²) < 4.78 is 4.85. The lowest BCUT2D eigenvalue weighted by atomic mass is 10.1. The molecular formula is C17H32O2. The first kappa shape index (κ1) is 18.2. The standard InChI is InChI=1S/C17H32O2/c1-3-4-5-6-7-8-9-10-11-12-13-14-15-16-19-17(2)18/h13-14H,3-12,15-16H2,1-2H3/b14-13+. The van der Waals surface area contributed by atoms with E-state index in [-0.39, 0.29) is 5.97 Å². The second-order valence-corrected chi connectivity index (χ2v) is 5.22. The Kier molecular flexibility index (Phi) is 14.6. The van der Waals surface area contributed by atoms with E-state index in [1.165, 1.54) is 64.7 Å². The topological polar surface area (TPSA) is 26.3 Å². The highest BCUT2D eigenvalue weighted by atomic mass is 16.5. The van der Waals surface area contributed by atoms with Gasteiger partial charge in [-0.3, -0.25) is 4.79 Å². The molecule has 0 heterocycles. The summed E-state index contributed by atoms with van der Waals surface area (Å²) in [5.41, 5.74) is 0. The summed E-state index contributed by atoms with van der Waals surface area (Å²) in [4.78, 5) is 10.5. The lowest BCUT2D eigenvalue weighted by molar-refractivity contribution is -0.140. The average molecular weight is 268 g/mol. The minimum Gasteiger partial charge on any atom is -0.466 e. The molecule has 0 N–H and O–H groups in total. The SMILES string of the molecule is CCCCCCCCCCC/C=C/CCOC(C)=O. The molecule has 0 aromatic rings. The van der Waals surface area contributed by atoms with Gasteiger partial charge in [0.15, 0.2) is 0 Å². The molecule has 2 nitrogen and oxygen atoms in total. The number of unbranched alkanes of at least 4 members (excludes halogenated alkanes) is 9. The van der Waals surface area contributed by atoms with Gasteiger partial charge in [0.2, 0.25) is 0 Å². The molecule has 0 saturated heterocycles. The van der Waals surface area contributed by atoms with E-state index in [1.807, 2.05) is 0 Å². The van der Waals surface area contributed by atoms with Crippen molar-refractivity contribution in [2.45, 2.75) is 84.5 Å². The van der Waals surface area contributed by atoms with Crippen molar-refractivity contribution >= 4 is 5.97 Å². The first-order chi connectivity index (χ1) is 9.27. The highest BCUT2D eigenvalue weighted by molar-refractivity contribution is 5.65. The van der Waals surface area contributed by atoms with Crippen LogP contribution < -0.4 is 0 Å². The Labute approximate surface area is 119 Å². The van der Waals surface area contributed by atoms with Crippen molar-refractivity contribution < 1.29 is 9.53 Å². The molecule has 0 spiro atoms. The number of esters is 1. The molecule has 0 bridgehead atoms. The molecule has 0 radical (unpaired) electrons. The molecule has 19 heavy (non-hydrogen) atoms. The molecule has 0 unspecified atom stereocenters. The Morgan fingerprint density at radius 2 is 1.37 bits per heavy atom. The molecule has 0 rings (SSSR count). The first-order valence-corrected chi connectivity index (χ1v) is 8.05. The van der Waals surface area contributed by atoms with Gasteiger partial charge in [-0.1, -0.05) is 70.4 Å². The molecule has 0 aliphatic rings. The summed E-state index contributed by atoms with van der Waals surface area (Å²) in [6.07, 6.45) is 18.8. The summed E-state index contributed by atoms with van der Waals surface area (Å²) in [5.74, 6) is -0.188. The maximum absolute atomic E-state index is 10.5. The molecule has 0 aromatic heterocycles. The van der Waals surface area contributed by atoms with Crippen LogP contribution in [-0.2, 0) is 9.53 Å². The Morgan fingerprint density at radius 3 is 1.95 bits per heavy atom. The number of hydrogen-bond donors (Lipinski definition) is 0. The summed E-state index contributed by atoms with van der Waals surface area (Å²) in [7, 11) is 0. The minimum absolute atomic E-state index is 0.188. The van der Waals surface area contributed by atoms with Crippen LogP contribution in [0.2, 0.25) is 0 Å². The fraction of sp³-hybridized carbons (Fsp3) is 0.824. The van der Waals surface area contributed by atoms with Gasteiger partial charge in [0.25, 0.3) is 0 Å². The number of ether oxygens (including phenoxy) is 1. The predicted molar refractivity (Wildman–Crippen MR) is 82.2 cm³/mol. The number of allylic oxidation sites excluding steroid dienone is 1. The van der Waals surface area contributed by atoms with Crippen LogP contribution in [0.25, 0.3) is 0 Å². The van der Waals surface area contributed by atoms with E-state index in [0.717, 1.165) is 12.8 Å². The van der Waals surface area contributed by atoms with Gasteiger partial charge in [-0.15, -0.1) is 0 Å². The molecule has 0 amide bonds. The van der Waals surface area contributed by atoms with Crippen LogP contribution in [0.4, 0.5) is 0 Å². The first-order valence-electron chi connectivity index (χ1n) is 8.05. The Hall–Kier alpha value is -0.790. The molecule has 112 valence electrons. The van der Waals surface area contributed by atoms with E-state index in [4.69, 9.17) is 4.74 Å². The predicted octanol–water partition coefficient (Wildman–Crippen LogP) is 5.42. The van der Waals surface area contributed by atoms with E-state index in [9.17, 15) is 4.79 Å². The number of hydrogen-bond acceptors (Lipinski definition) is 2. The van der Waals surface area contributed by atoms with Crippen molar-refractivity contribution in [2.75, 3.05) is 6.61 Å². The molecule has 2 heteroatoms. The highest BCUT2D eigenvalue weighted by Crippen LogP contribution is 2.10. The fourth-order valence-corrected chi connectivity index (χ4v) is 2.08. The van der Waals surface area contributed by atoms with Crippen molar-refractivity contribution in [3.8, 4) is 0 Å². The van der Waals surface area contributed by atoms with Crippen molar-refractivity contribution in [1.82, 2.24) is 0 Å². The van der Waals surface area contributed by atoms with E-state index >= 15 is 0 Å². The van der Waals surface area contributed by atoms with Crippen LogP contribution in [0.15, 0.2) is 12.2 Å². The summed E-state index contributed by atoms with van der Waals surface area (Å²) >= 11 is 0. The quantitative estimate of drug-likeness (QED) is 0.253. The van der Waals surface area contributed by atoms with Gasteiger partial charge in [-0.25, -0.2) is 0 Å². The maximum atomic E-state index is 10.5. The number of carbonyl (C=O) groups is 1. The molecule has 0 aliphatic heterocycles. The van der Waals surface area contributed by atoms with Crippen LogP contribution in [0.3, 0.4) is 0 Å². The van der Waals surface area contributed by atoms with Gasteiger partial charge in [0.05, 0.1) is 6.61 Å². The molecular weight excluding hydrogens is 236 g/mol. The van der Waals surface area contributed by atoms with E-state index < -0.39 is 0 Å². The van der Waals surface area contributed by atoms with Crippen LogP contribution in [-0.4, -0.2) is 12.6 Å². The van der Waals surface area contributed by atoms with Crippen molar-refractivity contribution in [3.05, 3.63) is 12.2 Å². The molecule has 0 fully saturated rings. The molecule has 0 atom stereocenters. The number of rotatable bonds is 13. The van der Waals surface area contributed by atoms with Crippen molar-refractivity contribution in [2.24, 2.45) is 0 Å². The fourth-order valence-electron chi connectivity index (χ4n) is 2.08. The Balaban J connectivity index is 3.05. The van der Waals surface area contributed by atoms with Crippen LogP contribution in [0, 0.1) is 0 Å². The second kappa shape index (κ2) is 15.3. The van der Waals surface area contributed by atoms with Gasteiger partial charge in [-0.05, 0) is 19.3 Å². The normalized spacial score (nSPS) is 11.1. The van der Waals surface area contributed by atoms with Gasteiger partial charge in [0, 0.05) is 6.92 Å². The van der Waals surface area contributed by atoms with Crippen LogP contribution in [0.1, 0.15) is 84.5 Å². The van der Waals surface area contributed by atoms with Crippen molar-refractivity contribution in [1.29, 1.82) is 0 Å². The van der Waals surface area contributed by atoms with Gasteiger partial charge in [0.1, 0.15) is 0 Å². The molecule has 0 saturated carbocycles. The minimum atomic E-state index is -0.188. The van der Waals surface area contributed by atoms with Gasteiger partial charge >= 0.3 is 5.97 Å². The third-order valence-corrected chi connectivity index (χ3v) is 3.23. The van der Waals surface area contributed by atoms with E-state index in [2.05, 4.69) is 19.1 Å². The van der Waals surface area contributed by atoms with Crippen molar-refractivity contribution in [3.63, 3.8) is 0 Å². The summed E-state index contributed by atoms with van der Waals surface area (Å²) in [5, 5.41) is 0. The van der Waals surface area contributed by atoms with E-state index in [1.54, 1.807) is 0 Å². The van der Waals surface area contributed by atoms with Crippen LogP contribution >= 0.6 is 0 Å². The van der Waals surface area contributed by atoms with Gasteiger partial charge in [-0.2, -0.15) is 0 Å². The third kappa shape index (κ3) is 17.2. The largest absolute Gasteiger partial charge is 0.466 e. The third-order valence-electron chi connectivity index (χ3n) is 3.23. The summed E-state index contributed by atoms with van der Waals surface area (Å²) in [6, 6.07) is 0.